The largest absolute Gasteiger partial charge is 0.383 e. The van der Waals surface area contributed by atoms with Crippen molar-refractivity contribution in [2.75, 3.05) is 46.4 Å². The maximum atomic E-state index is 13.5. The fourth-order valence-electron chi connectivity index (χ4n) is 5.27. The number of ether oxygens (including phenoxy) is 1. The minimum Gasteiger partial charge on any atom is -0.383 e. The van der Waals surface area contributed by atoms with Gasteiger partial charge in [-0.2, -0.15) is 0 Å². The SMILES string of the molecule is COC1(C(=O)N2CC[C@](O)(c3ccccc3)[C@H](N3CCCC3)C2)CCNCC1.Cl.Cl. The number of amides is 1. The number of nitrogens with one attached hydrogen (secondary N) is 1. The van der Waals surface area contributed by atoms with E-state index in [9.17, 15) is 9.90 Å². The molecular weight excluding hydrogens is 425 g/mol. The lowest BCUT2D eigenvalue weighted by Gasteiger charge is -2.50. The second kappa shape index (κ2) is 10.6. The van der Waals surface area contributed by atoms with Crippen molar-refractivity contribution in [1.29, 1.82) is 0 Å². The van der Waals surface area contributed by atoms with E-state index in [-0.39, 0.29) is 36.8 Å². The van der Waals surface area contributed by atoms with E-state index in [1.807, 2.05) is 35.2 Å². The van der Waals surface area contributed by atoms with E-state index in [1.54, 1.807) is 7.11 Å². The lowest BCUT2D eigenvalue weighted by Crippen LogP contribution is -2.64. The Hall–Kier alpha value is -0.890. The number of aliphatic hydroxyl groups is 1. The van der Waals surface area contributed by atoms with Gasteiger partial charge in [0.2, 0.25) is 0 Å². The third-order valence-electron chi connectivity index (χ3n) is 7.04. The van der Waals surface area contributed by atoms with Crippen LogP contribution >= 0.6 is 24.8 Å². The highest BCUT2D eigenvalue weighted by Crippen LogP contribution is 2.38. The zero-order chi connectivity index (χ0) is 19.6. The number of hydrogen-bond acceptors (Lipinski definition) is 5. The maximum Gasteiger partial charge on any atom is 0.254 e. The Morgan fingerprint density at radius 2 is 1.70 bits per heavy atom. The summed E-state index contributed by atoms with van der Waals surface area (Å²) >= 11 is 0. The minimum atomic E-state index is -0.920. The molecule has 1 aromatic rings. The van der Waals surface area contributed by atoms with Gasteiger partial charge in [0.15, 0.2) is 0 Å². The number of carbonyl (C=O) groups excluding carboxylic acids is 1. The molecule has 0 aliphatic carbocycles. The molecule has 1 amide bonds. The van der Waals surface area contributed by atoms with Crippen molar-refractivity contribution in [3.05, 3.63) is 35.9 Å². The van der Waals surface area contributed by atoms with Crippen LogP contribution in [0.15, 0.2) is 30.3 Å². The molecule has 0 aromatic heterocycles. The molecule has 3 fully saturated rings. The van der Waals surface area contributed by atoms with Crippen molar-refractivity contribution in [3.8, 4) is 0 Å². The van der Waals surface area contributed by atoms with E-state index < -0.39 is 11.2 Å². The predicted octanol–water partition coefficient (Wildman–Crippen LogP) is 2.18. The monoisotopic (exact) mass is 459 g/mol. The van der Waals surface area contributed by atoms with Crippen LogP contribution in [0.5, 0.6) is 0 Å². The molecule has 2 N–H and O–H groups in total. The molecule has 4 rings (SSSR count). The van der Waals surface area contributed by atoms with Crippen LogP contribution < -0.4 is 5.32 Å². The van der Waals surface area contributed by atoms with E-state index in [2.05, 4.69) is 10.2 Å². The van der Waals surface area contributed by atoms with Gasteiger partial charge in [-0.1, -0.05) is 30.3 Å². The van der Waals surface area contributed by atoms with Crippen molar-refractivity contribution >= 4 is 30.7 Å². The Morgan fingerprint density at radius 1 is 1.07 bits per heavy atom. The number of rotatable bonds is 4. The van der Waals surface area contributed by atoms with Gasteiger partial charge in [-0.3, -0.25) is 9.69 Å². The van der Waals surface area contributed by atoms with Crippen molar-refractivity contribution in [2.45, 2.75) is 49.3 Å². The number of halogens is 2. The van der Waals surface area contributed by atoms with Crippen molar-refractivity contribution in [3.63, 3.8) is 0 Å². The molecule has 6 nitrogen and oxygen atoms in total. The molecule has 0 saturated carbocycles. The molecule has 0 unspecified atom stereocenters. The fourth-order valence-corrected chi connectivity index (χ4v) is 5.27. The molecule has 0 bridgehead atoms. The topological polar surface area (TPSA) is 65.0 Å². The van der Waals surface area contributed by atoms with Crippen LogP contribution in [0.1, 0.15) is 37.7 Å². The average molecular weight is 460 g/mol. The summed E-state index contributed by atoms with van der Waals surface area (Å²) in [6.07, 6.45) is 4.28. The van der Waals surface area contributed by atoms with Crippen molar-refractivity contribution < 1.29 is 14.6 Å². The summed E-state index contributed by atoms with van der Waals surface area (Å²) in [6, 6.07) is 9.91. The van der Waals surface area contributed by atoms with E-state index in [0.717, 1.165) is 44.6 Å². The number of hydrogen-bond donors (Lipinski definition) is 2. The third-order valence-corrected chi connectivity index (χ3v) is 7.04. The molecule has 3 aliphatic heterocycles. The Kier molecular flexibility index (Phi) is 8.98. The fraction of sp³-hybridized carbons (Fsp3) is 0.682. The van der Waals surface area contributed by atoms with E-state index >= 15 is 0 Å². The van der Waals surface area contributed by atoms with Gasteiger partial charge in [0.05, 0.1) is 6.04 Å². The highest BCUT2D eigenvalue weighted by Gasteiger charge is 2.50. The molecule has 30 heavy (non-hydrogen) atoms. The first kappa shape index (κ1) is 25.4. The van der Waals surface area contributed by atoms with Crippen LogP contribution in [-0.4, -0.2) is 78.8 Å². The first-order valence-electron chi connectivity index (χ1n) is 10.7. The van der Waals surface area contributed by atoms with Crippen LogP contribution in [0.2, 0.25) is 0 Å². The van der Waals surface area contributed by atoms with E-state index in [4.69, 9.17) is 4.74 Å². The van der Waals surface area contributed by atoms with Gasteiger partial charge >= 0.3 is 0 Å². The van der Waals surface area contributed by atoms with Crippen LogP contribution in [0.3, 0.4) is 0 Å². The number of piperidine rings is 2. The molecule has 170 valence electrons. The molecule has 0 spiro atoms. The zero-order valence-electron chi connectivity index (χ0n) is 17.7. The number of carbonyl (C=O) groups is 1. The molecular formula is C22H35Cl2N3O3. The lowest BCUT2D eigenvalue weighted by atomic mass is 9.78. The van der Waals surface area contributed by atoms with Gasteiger partial charge in [-0.25, -0.2) is 0 Å². The van der Waals surface area contributed by atoms with Gasteiger partial charge in [-0.05, 0) is 63.8 Å². The summed E-state index contributed by atoms with van der Waals surface area (Å²) in [5.41, 5.74) is -0.679. The molecule has 8 heteroatoms. The van der Waals surface area contributed by atoms with Gasteiger partial charge in [0.1, 0.15) is 11.2 Å². The van der Waals surface area contributed by atoms with Crippen molar-refractivity contribution in [1.82, 2.24) is 15.1 Å². The Morgan fingerprint density at radius 3 is 2.30 bits per heavy atom. The highest BCUT2D eigenvalue weighted by atomic mass is 35.5. The van der Waals surface area contributed by atoms with Crippen LogP contribution in [0.25, 0.3) is 0 Å². The summed E-state index contributed by atoms with van der Waals surface area (Å²) in [7, 11) is 1.66. The Balaban J connectivity index is 0.00000160. The number of methoxy groups -OCH3 is 1. The number of benzene rings is 1. The molecule has 3 heterocycles. The summed E-state index contributed by atoms with van der Waals surface area (Å²) < 4.78 is 5.78. The van der Waals surface area contributed by atoms with Gasteiger partial charge in [0, 0.05) is 20.2 Å². The molecule has 3 saturated heterocycles. The first-order valence-corrected chi connectivity index (χ1v) is 10.7. The van der Waals surface area contributed by atoms with Gasteiger partial charge in [-0.15, -0.1) is 24.8 Å². The average Bonchev–Trinajstić information content (AvgIpc) is 3.29. The second-order valence-corrected chi connectivity index (χ2v) is 8.50. The maximum absolute atomic E-state index is 13.5. The summed E-state index contributed by atoms with van der Waals surface area (Å²) in [5.74, 6) is 0.0933. The van der Waals surface area contributed by atoms with Crippen LogP contribution in [0, 0.1) is 0 Å². The van der Waals surface area contributed by atoms with E-state index in [0.29, 0.717) is 32.4 Å². The second-order valence-electron chi connectivity index (χ2n) is 8.50. The zero-order valence-corrected chi connectivity index (χ0v) is 19.3. The summed E-state index contributed by atoms with van der Waals surface area (Å²) in [6.45, 7) is 4.70. The van der Waals surface area contributed by atoms with Crippen LogP contribution in [-0.2, 0) is 15.1 Å². The Bertz CT molecular complexity index is 681. The Labute approximate surface area is 192 Å². The van der Waals surface area contributed by atoms with Crippen molar-refractivity contribution in [2.24, 2.45) is 0 Å². The predicted molar refractivity (Wildman–Crippen MR) is 122 cm³/mol. The smallest absolute Gasteiger partial charge is 0.254 e. The van der Waals surface area contributed by atoms with Gasteiger partial charge in [0.25, 0.3) is 5.91 Å². The molecule has 2 atom stereocenters. The summed E-state index contributed by atoms with van der Waals surface area (Å²) in [5, 5.41) is 15.1. The lowest BCUT2D eigenvalue weighted by molar-refractivity contribution is -0.167. The number of likely N-dealkylation sites (tertiary alicyclic amines) is 2. The molecule has 1 aromatic carbocycles. The quantitative estimate of drug-likeness (QED) is 0.722. The first-order chi connectivity index (χ1) is 13.6. The standard InChI is InChI=1S/C22H33N3O3.2ClH/c1-28-21(9-12-23-13-10-21)20(26)25-16-11-22(27,18-7-3-2-4-8-18)19(17-25)24-14-5-6-15-24;;/h2-4,7-8,19,23,27H,5-6,9-17H2,1H3;2*1H/t19-,22+;;/m1../s1. The summed E-state index contributed by atoms with van der Waals surface area (Å²) in [4.78, 5) is 17.8. The third kappa shape index (κ3) is 4.64. The minimum absolute atomic E-state index is 0. The number of nitrogens with zero attached hydrogens (tertiary/aromatic N) is 2. The molecule has 0 radical (unpaired) electrons. The molecule has 3 aliphatic rings. The van der Waals surface area contributed by atoms with Gasteiger partial charge < -0.3 is 20.1 Å². The highest BCUT2D eigenvalue weighted by molar-refractivity contribution is 5.86. The van der Waals surface area contributed by atoms with E-state index in [1.165, 1.54) is 0 Å². The van der Waals surface area contributed by atoms with Crippen LogP contribution in [0.4, 0.5) is 0 Å². The normalized spacial score (nSPS) is 29.0.